The fourth-order valence-electron chi connectivity index (χ4n) is 1.12. The van der Waals surface area contributed by atoms with Gasteiger partial charge in [0, 0.05) is 18.8 Å². The highest BCUT2D eigenvalue weighted by molar-refractivity contribution is 6.31. The van der Waals surface area contributed by atoms with Gasteiger partial charge in [-0.1, -0.05) is 25.4 Å². The number of hydrogen-bond donors (Lipinski definition) is 1. The molecule has 1 aromatic heterocycles. The Morgan fingerprint density at radius 1 is 1.53 bits per heavy atom. The molecule has 1 N–H and O–H groups in total. The van der Waals surface area contributed by atoms with Crippen LogP contribution in [0.5, 0.6) is 5.88 Å². The second-order valence-electron chi connectivity index (χ2n) is 3.85. The van der Waals surface area contributed by atoms with Crippen molar-refractivity contribution in [2.45, 2.75) is 20.4 Å². The fraction of sp³-hybridized carbons (Fsp3) is 0.545. The molecule has 0 aliphatic carbocycles. The largest absolute Gasteiger partial charge is 0.477 e. The highest BCUT2D eigenvalue weighted by Crippen LogP contribution is 2.19. The quantitative estimate of drug-likeness (QED) is 0.841. The van der Waals surface area contributed by atoms with Crippen molar-refractivity contribution in [3.63, 3.8) is 0 Å². The molecule has 0 saturated heterocycles. The van der Waals surface area contributed by atoms with Crippen LogP contribution >= 0.6 is 11.6 Å². The van der Waals surface area contributed by atoms with Crippen LogP contribution in [0.3, 0.4) is 0 Å². The fourth-order valence-corrected chi connectivity index (χ4v) is 1.29. The van der Waals surface area contributed by atoms with Crippen LogP contribution in [-0.2, 0) is 6.54 Å². The van der Waals surface area contributed by atoms with Crippen molar-refractivity contribution in [3.8, 4) is 5.88 Å². The van der Waals surface area contributed by atoms with Gasteiger partial charge in [0.1, 0.15) is 0 Å². The van der Waals surface area contributed by atoms with Gasteiger partial charge in [-0.15, -0.1) is 0 Å². The molecule has 1 rings (SSSR count). The molecule has 0 spiro atoms. The van der Waals surface area contributed by atoms with Gasteiger partial charge in [0.25, 0.3) is 0 Å². The van der Waals surface area contributed by atoms with E-state index in [0.29, 0.717) is 23.4 Å². The van der Waals surface area contributed by atoms with Crippen LogP contribution in [0.25, 0.3) is 0 Å². The minimum atomic E-state index is 0.496. The number of nitrogens with one attached hydrogen (secondary N) is 1. The first-order chi connectivity index (χ1) is 7.13. The highest BCUT2D eigenvalue weighted by atomic mass is 35.5. The van der Waals surface area contributed by atoms with E-state index in [0.717, 1.165) is 12.1 Å². The molecule has 0 bridgehead atoms. The molecular weight excluding hydrogens is 212 g/mol. The topological polar surface area (TPSA) is 34.1 Å². The van der Waals surface area contributed by atoms with Crippen molar-refractivity contribution in [1.29, 1.82) is 0 Å². The van der Waals surface area contributed by atoms with E-state index in [9.17, 15) is 0 Å². The number of ether oxygens (including phenoxy) is 1. The summed E-state index contributed by atoms with van der Waals surface area (Å²) in [6.07, 6.45) is 1.63. The SMILES string of the molecule is CNCc1cc(OCC(C)C)ncc1Cl. The molecular formula is C11H17ClN2O. The van der Waals surface area contributed by atoms with Gasteiger partial charge in [0.05, 0.1) is 11.6 Å². The molecule has 0 saturated carbocycles. The van der Waals surface area contributed by atoms with Crippen LogP contribution in [0.4, 0.5) is 0 Å². The summed E-state index contributed by atoms with van der Waals surface area (Å²) >= 11 is 5.98. The lowest BCUT2D eigenvalue weighted by molar-refractivity contribution is 0.261. The molecule has 4 heteroatoms. The van der Waals surface area contributed by atoms with E-state index in [-0.39, 0.29) is 0 Å². The van der Waals surface area contributed by atoms with E-state index in [1.807, 2.05) is 13.1 Å². The van der Waals surface area contributed by atoms with E-state index in [4.69, 9.17) is 16.3 Å². The standard InChI is InChI=1S/C11H17ClN2O/c1-8(2)7-15-11-4-9(5-13-3)10(12)6-14-11/h4,6,8,13H,5,7H2,1-3H3. The molecule has 0 amide bonds. The smallest absolute Gasteiger partial charge is 0.213 e. The van der Waals surface area contributed by atoms with E-state index >= 15 is 0 Å². The lowest BCUT2D eigenvalue weighted by Crippen LogP contribution is -2.08. The molecule has 0 aromatic carbocycles. The Balaban J connectivity index is 2.69. The summed E-state index contributed by atoms with van der Waals surface area (Å²) in [6, 6.07) is 1.88. The van der Waals surface area contributed by atoms with Gasteiger partial charge in [0.2, 0.25) is 5.88 Å². The van der Waals surface area contributed by atoms with E-state index in [1.165, 1.54) is 0 Å². The molecule has 15 heavy (non-hydrogen) atoms. The first kappa shape index (κ1) is 12.3. The number of halogens is 1. The Labute approximate surface area is 95.8 Å². The summed E-state index contributed by atoms with van der Waals surface area (Å²) in [5.74, 6) is 1.13. The Morgan fingerprint density at radius 2 is 2.27 bits per heavy atom. The second-order valence-corrected chi connectivity index (χ2v) is 4.26. The number of nitrogens with zero attached hydrogens (tertiary/aromatic N) is 1. The van der Waals surface area contributed by atoms with Gasteiger partial charge in [-0.05, 0) is 18.5 Å². The van der Waals surface area contributed by atoms with Gasteiger partial charge in [-0.3, -0.25) is 0 Å². The maximum absolute atomic E-state index is 5.98. The molecule has 0 unspecified atom stereocenters. The van der Waals surface area contributed by atoms with Gasteiger partial charge in [-0.25, -0.2) is 4.98 Å². The van der Waals surface area contributed by atoms with Gasteiger partial charge in [0.15, 0.2) is 0 Å². The summed E-state index contributed by atoms with van der Waals surface area (Å²) in [5.41, 5.74) is 1.01. The lowest BCUT2D eigenvalue weighted by Gasteiger charge is -2.09. The van der Waals surface area contributed by atoms with Crippen LogP contribution in [0.1, 0.15) is 19.4 Å². The Hall–Kier alpha value is -0.800. The molecule has 1 aromatic rings. The molecule has 0 aliphatic rings. The molecule has 0 atom stereocenters. The van der Waals surface area contributed by atoms with Crippen molar-refractivity contribution >= 4 is 11.6 Å². The third kappa shape index (κ3) is 4.06. The minimum absolute atomic E-state index is 0.496. The van der Waals surface area contributed by atoms with Crippen LogP contribution in [-0.4, -0.2) is 18.6 Å². The minimum Gasteiger partial charge on any atom is -0.477 e. The van der Waals surface area contributed by atoms with E-state index in [2.05, 4.69) is 24.1 Å². The van der Waals surface area contributed by atoms with Crippen molar-refractivity contribution in [1.82, 2.24) is 10.3 Å². The average molecular weight is 229 g/mol. The number of pyridine rings is 1. The first-order valence-corrected chi connectivity index (χ1v) is 5.43. The van der Waals surface area contributed by atoms with Crippen LogP contribution in [0, 0.1) is 5.92 Å². The second kappa shape index (κ2) is 5.93. The molecule has 0 radical (unpaired) electrons. The zero-order valence-corrected chi connectivity index (χ0v) is 10.1. The maximum atomic E-state index is 5.98. The van der Waals surface area contributed by atoms with Crippen molar-refractivity contribution in [3.05, 3.63) is 22.8 Å². The summed E-state index contributed by atoms with van der Waals surface area (Å²) < 4.78 is 5.51. The molecule has 0 fully saturated rings. The summed E-state index contributed by atoms with van der Waals surface area (Å²) in [4.78, 5) is 4.11. The zero-order valence-electron chi connectivity index (χ0n) is 9.38. The predicted octanol–water partition coefficient (Wildman–Crippen LogP) is 2.49. The molecule has 3 nitrogen and oxygen atoms in total. The Morgan fingerprint density at radius 3 is 2.87 bits per heavy atom. The average Bonchev–Trinajstić information content (AvgIpc) is 2.19. The third-order valence-electron chi connectivity index (χ3n) is 1.84. The Bertz CT molecular complexity index is 315. The summed E-state index contributed by atoms with van der Waals surface area (Å²) in [5, 5.41) is 3.72. The summed E-state index contributed by atoms with van der Waals surface area (Å²) in [6.45, 7) is 5.60. The van der Waals surface area contributed by atoms with Crippen molar-refractivity contribution in [2.75, 3.05) is 13.7 Å². The number of rotatable bonds is 5. The summed E-state index contributed by atoms with van der Waals surface area (Å²) in [7, 11) is 1.88. The molecule has 0 aliphatic heterocycles. The van der Waals surface area contributed by atoms with Crippen LogP contribution in [0.15, 0.2) is 12.3 Å². The number of hydrogen-bond acceptors (Lipinski definition) is 3. The lowest BCUT2D eigenvalue weighted by atomic mass is 10.2. The molecule has 84 valence electrons. The van der Waals surface area contributed by atoms with Crippen LogP contribution in [0.2, 0.25) is 5.02 Å². The van der Waals surface area contributed by atoms with Gasteiger partial charge < -0.3 is 10.1 Å². The van der Waals surface area contributed by atoms with E-state index < -0.39 is 0 Å². The highest BCUT2D eigenvalue weighted by Gasteiger charge is 2.04. The van der Waals surface area contributed by atoms with Gasteiger partial charge in [-0.2, -0.15) is 0 Å². The van der Waals surface area contributed by atoms with E-state index in [1.54, 1.807) is 6.20 Å². The Kier molecular flexibility index (Phi) is 4.85. The maximum Gasteiger partial charge on any atom is 0.213 e. The van der Waals surface area contributed by atoms with Gasteiger partial charge >= 0.3 is 0 Å². The monoisotopic (exact) mass is 228 g/mol. The van der Waals surface area contributed by atoms with Crippen LogP contribution < -0.4 is 10.1 Å². The van der Waals surface area contributed by atoms with Crippen molar-refractivity contribution in [2.24, 2.45) is 5.92 Å². The molecule has 1 heterocycles. The van der Waals surface area contributed by atoms with Crippen molar-refractivity contribution < 1.29 is 4.74 Å². The first-order valence-electron chi connectivity index (χ1n) is 5.05. The predicted molar refractivity (Wildman–Crippen MR) is 62.3 cm³/mol. The zero-order chi connectivity index (χ0) is 11.3. The third-order valence-corrected chi connectivity index (χ3v) is 2.18. The number of aromatic nitrogens is 1. The normalized spacial score (nSPS) is 10.7.